The lowest BCUT2D eigenvalue weighted by molar-refractivity contribution is -0.140. The monoisotopic (exact) mass is 430 g/mol. The van der Waals surface area contributed by atoms with Gasteiger partial charge in [0.2, 0.25) is 6.79 Å². The number of esters is 1. The summed E-state index contributed by atoms with van der Waals surface area (Å²) in [5, 5.41) is 5.15. The fraction of sp³-hybridized carbons (Fsp3) is 0.250. The van der Waals surface area contributed by atoms with Crippen molar-refractivity contribution in [2.45, 2.75) is 6.42 Å². The van der Waals surface area contributed by atoms with Crippen LogP contribution in [0.2, 0.25) is 0 Å². The largest absolute Gasteiger partial charge is 0.454 e. The molecule has 0 unspecified atom stereocenters. The highest BCUT2D eigenvalue weighted by molar-refractivity contribution is 6.07. The van der Waals surface area contributed by atoms with Gasteiger partial charge in [-0.1, -0.05) is 24.3 Å². The van der Waals surface area contributed by atoms with Crippen LogP contribution in [0.15, 0.2) is 59.7 Å². The molecule has 0 radical (unpaired) electrons. The number of carbonyl (C=O) groups is 3. The van der Waals surface area contributed by atoms with E-state index in [1.807, 2.05) is 12.2 Å². The number of imide groups is 1. The lowest BCUT2D eigenvalue weighted by Gasteiger charge is -2.13. The maximum atomic E-state index is 12.8. The molecule has 2 bridgehead atoms. The fourth-order valence-corrected chi connectivity index (χ4v) is 4.98. The van der Waals surface area contributed by atoms with Crippen molar-refractivity contribution in [1.82, 2.24) is 5.01 Å². The number of hydrogen-bond acceptors (Lipinski definition) is 7. The van der Waals surface area contributed by atoms with Crippen molar-refractivity contribution in [3.05, 3.63) is 65.7 Å². The number of benzene rings is 2. The van der Waals surface area contributed by atoms with Gasteiger partial charge in [-0.3, -0.25) is 9.59 Å². The van der Waals surface area contributed by atoms with E-state index in [9.17, 15) is 14.4 Å². The number of rotatable bonds is 4. The lowest BCUT2D eigenvalue weighted by atomic mass is 9.85. The molecule has 1 saturated heterocycles. The number of nitrogens with zero attached hydrogens (tertiary/aromatic N) is 2. The summed E-state index contributed by atoms with van der Waals surface area (Å²) in [7, 11) is 0. The third kappa shape index (κ3) is 2.83. The first kappa shape index (κ1) is 18.8. The van der Waals surface area contributed by atoms with Gasteiger partial charge in [0.1, 0.15) is 5.75 Å². The predicted molar refractivity (Wildman–Crippen MR) is 111 cm³/mol. The third-order valence-corrected chi connectivity index (χ3v) is 6.49. The van der Waals surface area contributed by atoms with Crippen LogP contribution < -0.4 is 14.2 Å². The van der Waals surface area contributed by atoms with Crippen molar-refractivity contribution in [2.75, 3.05) is 6.79 Å². The van der Waals surface area contributed by atoms with Gasteiger partial charge in [0.05, 0.1) is 23.6 Å². The first-order valence-corrected chi connectivity index (χ1v) is 10.4. The first-order valence-electron chi connectivity index (χ1n) is 10.4. The summed E-state index contributed by atoms with van der Waals surface area (Å²) < 4.78 is 16.1. The number of allylic oxidation sites excluding steroid dienone is 2. The molecule has 0 aromatic heterocycles. The van der Waals surface area contributed by atoms with Gasteiger partial charge in [0.25, 0.3) is 11.8 Å². The lowest BCUT2D eigenvalue weighted by Crippen LogP contribution is -2.28. The molecule has 4 aliphatic rings. The van der Waals surface area contributed by atoms with E-state index in [1.54, 1.807) is 42.5 Å². The van der Waals surface area contributed by atoms with Crippen LogP contribution in [0.4, 0.5) is 0 Å². The van der Waals surface area contributed by atoms with Crippen LogP contribution in [-0.2, 0) is 9.59 Å². The van der Waals surface area contributed by atoms with Crippen molar-refractivity contribution in [3.63, 3.8) is 0 Å². The molecule has 2 aliphatic carbocycles. The predicted octanol–water partition coefficient (Wildman–Crippen LogP) is 2.78. The maximum absolute atomic E-state index is 12.8. The molecular weight excluding hydrogens is 412 g/mol. The Morgan fingerprint density at radius 1 is 1.00 bits per heavy atom. The minimum atomic E-state index is -0.574. The highest BCUT2D eigenvalue weighted by atomic mass is 16.7. The average Bonchev–Trinajstić information content (AvgIpc) is 3.58. The van der Waals surface area contributed by atoms with Crippen LogP contribution >= 0.6 is 0 Å². The zero-order valence-electron chi connectivity index (χ0n) is 16.8. The van der Waals surface area contributed by atoms with E-state index in [2.05, 4.69) is 5.10 Å². The van der Waals surface area contributed by atoms with Crippen LogP contribution in [0.3, 0.4) is 0 Å². The second-order valence-electron chi connectivity index (χ2n) is 8.23. The Morgan fingerprint density at radius 2 is 1.72 bits per heavy atom. The van der Waals surface area contributed by atoms with Gasteiger partial charge in [-0.2, -0.15) is 10.1 Å². The summed E-state index contributed by atoms with van der Waals surface area (Å²) in [5.41, 5.74) is 0.780. The molecule has 8 nitrogen and oxygen atoms in total. The van der Waals surface area contributed by atoms with Gasteiger partial charge in [0, 0.05) is 5.56 Å². The number of amides is 2. The molecule has 1 saturated carbocycles. The van der Waals surface area contributed by atoms with Crippen molar-refractivity contribution < 1.29 is 28.6 Å². The Kier molecular flexibility index (Phi) is 4.14. The van der Waals surface area contributed by atoms with Crippen molar-refractivity contribution >= 4 is 24.0 Å². The van der Waals surface area contributed by atoms with Gasteiger partial charge in [-0.15, -0.1) is 0 Å². The summed E-state index contributed by atoms with van der Waals surface area (Å²) in [4.78, 5) is 38.3. The van der Waals surface area contributed by atoms with Crippen molar-refractivity contribution in [3.8, 4) is 17.2 Å². The summed E-state index contributed by atoms with van der Waals surface area (Å²) in [6.45, 7) is 0.111. The minimum Gasteiger partial charge on any atom is -0.454 e. The van der Waals surface area contributed by atoms with E-state index in [-0.39, 0.29) is 48.0 Å². The Bertz CT molecular complexity index is 1190. The molecule has 2 fully saturated rings. The standard InChI is InChI=1S/C24H18N2O6/c27-22-20-13-5-6-14(9-13)21(20)23(28)26(22)25-11-16-3-1-2-4-17(16)32-24(29)15-7-8-18-19(10-15)31-12-30-18/h1-8,10-11,13-14,20-21H,9,12H2/t13-,14-,20-,21+/m0/s1. The Labute approximate surface area is 183 Å². The zero-order chi connectivity index (χ0) is 21.8. The summed E-state index contributed by atoms with van der Waals surface area (Å²) in [6.07, 6.45) is 6.32. The summed E-state index contributed by atoms with van der Waals surface area (Å²) >= 11 is 0. The van der Waals surface area contributed by atoms with Gasteiger partial charge in [-0.05, 0) is 48.6 Å². The van der Waals surface area contributed by atoms with E-state index < -0.39 is 5.97 Å². The maximum Gasteiger partial charge on any atom is 0.343 e. The van der Waals surface area contributed by atoms with Crippen LogP contribution in [0.25, 0.3) is 0 Å². The third-order valence-electron chi connectivity index (χ3n) is 6.49. The molecule has 0 spiro atoms. The van der Waals surface area contributed by atoms with Gasteiger partial charge >= 0.3 is 5.97 Å². The normalized spacial score (nSPS) is 26.9. The molecule has 2 heterocycles. The molecular formula is C24H18N2O6. The molecule has 6 rings (SSSR count). The number of ether oxygens (including phenoxy) is 3. The molecule has 160 valence electrons. The number of hydrazone groups is 1. The summed E-state index contributed by atoms with van der Waals surface area (Å²) in [6, 6.07) is 11.6. The molecule has 4 atom stereocenters. The molecule has 8 heteroatoms. The molecule has 2 aromatic carbocycles. The molecule has 2 aliphatic heterocycles. The van der Waals surface area contributed by atoms with Crippen molar-refractivity contribution in [2.24, 2.45) is 28.8 Å². The Balaban J connectivity index is 1.22. The first-order chi connectivity index (χ1) is 15.6. The smallest absolute Gasteiger partial charge is 0.343 e. The SMILES string of the molecule is O=C(Oc1ccccc1C=NN1C(=O)[C@@H]2[C@H](C1=O)[C@H]1C=C[C@H]2C1)c1ccc2c(c1)OCO2. The number of carbonyl (C=O) groups excluding carboxylic acids is 3. The van der Waals surface area contributed by atoms with E-state index in [0.717, 1.165) is 11.4 Å². The van der Waals surface area contributed by atoms with Crippen LogP contribution in [0.5, 0.6) is 17.2 Å². The average molecular weight is 430 g/mol. The summed E-state index contributed by atoms with van der Waals surface area (Å²) in [5.74, 6) is -0.159. The zero-order valence-corrected chi connectivity index (χ0v) is 16.8. The number of hydrogen-bond donors (Lipinski definition) is 0. The highest BCUT2D eigenvalue weighted by Gasteiger charge is 2.59. The van der Waals surface area contributed by atoms with E-state index in [0.29, 0.717) is 22.6 Å². The number of para-hydroxylation sites is 1. The minimum absolute atomic E-state index is 0.111. The van der Waals surface area contributed by atoms with E-state index in [1.165, 1.54) is 6.21 Å². The molecule has 2 amide bonds. The van der Waals surface area contributed by atoms with Gasteiger partial charge in [-0.25, -0.2) is 4.79 Å². The van der Waals surface area contributed by atoms with Crippen LogP contribution in [0.1, 0.15) is 22.3 Å². The molecule has 0 N–H and O–H groups in total. The highest BCUT2D eigenvalue weighted by Crippen LogP contribution is 2.52. The Morgan fingerprint density at radius 3 is 2.50 bits per heavy atom. The van der Waals surface area contributed by atoms with E-state index >= 15 is 0 Å². The Hall–Kier alpha value is -3.94. The quantitative estimate of drug-likeness (QED) is 0.243. The van der Waals surface area contributed by atoms with Crippen LogP contribution in [-0.4, -0.2) is 35.8 Å². The molecule has 32 heavy (non-hydrogen) atoms. The number of fused-ring (bicyclic) bond motifs is 6. The topological polar surface area (TPSA) is 94.5 Å². The fourth-order valence-electron chi connectivity index (χ4n) is 4.98. The van der Waals surface area contributed by atoms with Gasteiger partial charge < -0.3 is 14.2 Å². The second kappa shape index (κ2) is 7.05. The van der Waals surface area contributed by atoms with Crippen molar-refractivity contribution in [1.29, 1.82) is 0 Å². The second-order valence-corrected chi connectivity index (χ2v) is 8.23. The van der Waals surface area contributed by atoms with Crippen LogP contribution in [0, 0.1) is 23.7 Å². The molecule has 2 aromatic rings. The van der Waals surface area contributed by atoms with E-state index in [4.69, 9.17) is 14.2 Å². The van der Waals surface area contributed by atoms with Gasteiger partial charge in [0.15, 0.2) is 11.5 Å².